The Bertz CT molecular complexity index is 1240. The minimum absolute atomic E-state index is 0.311. The Hall–Kier alpha value is -3.37. The first kappa shape index (κ1) is 22.4. The monoisotopic (exact) mass is 475 g/mol. The summed E-state index contributed by atoms with van der Waals surface area (Å²) >= 11 is 0.883. The van der Waals surface area contributed by atoms with Gasteiger partial charge in [0.2, 0.25) is 5.95 Å². The number of imide groups is 1. The summed E-state index contributed by atoms with van der Waals surface area (Å²) in [7, 11) is 0. The van der Waals surface area contributed by atoms with Crippen LogP contribution in [0.4, 0.5) is 10.7 Å². The Labute approximate surface area is 201 Å². The predicted octanol–water partition coefficient (Wildman–Crippen LogP) is 3.30. The molecule has 1 aliphatic carbocycles. The fourth-order valence-corrected chi connectivity index (χ4v) is 4.95. The molecule has 2 aliphatic rings. The van der Waals surface area contributed by atoms with Gasteiger partial charge in [-0.1, -0.05) is 6.07 Å². The lowest BCUT2D eigenvalue weighted by Crippen LogP contribution is -2.38. The highest BCUT2D eigenvalue weighted by Crippen LogP contribution is 2.25. The second-order valence-electron chi connectivity index (χ2n) is 8.43. The van der Waals surface area contributed by atoms with Gasteiger partial charge in [-0.05, 0) is 80.2 Å². The normalized spacial score (nSPS) is 21.7. The number of carbonyl (C=O) groups is 2. The standard InChI is InChI=1S/C24H25N7O2S/c32-22-21(34-24(33)31-22)14-18-8-10-28-23(30-18)29-17-4-2-16(3-5-17)25-9-7-15-1-6-19-20(13-15)27-12-11-26-19/h1,6,8,10-14,16-17,25H,2-5,7,9H2,(H,28,29,30)(H,31,32,33). The number of benzene rings is 1. The van der Waals surface area contributed by atoms with E-state index in [-0.39, 0.29) is 11.1 Å². The van der Waals surface area contributed by atoms with Crippen molar-refractivity contribution in [1.82, 2.24) is 30.6 Å². The molecule has 3 aromatic rings. The zero-order chi connectivity index (χ0) is 23.3. The molecule has 0 atom stereocenters. The summed E-state index contributed by atoms with van der Waals surface area (Å²) in [4.78, 5) is 40.9. The van der Waals surface area contributed by atoms with Crippen LogP contribution in [-0.4, -0.2) is 49.7 Å². The maximum atomic E-state index is 11.7. The number of carbonyl (C=O) groups excluding carboxylic acids is 2. The fraction of sp³-hybridized carbons (Fsp3) is 0.333. The minimum atomic E-state index is -0.386. The molecule has 1 aromatic carbocycles. The lowest BCUT2D eigenvalue weighted by atomic mass is 9.91. The molecular formula is C24H25N7O2S. The zero-order valence-corrected chi connectivity index (χ0v) is 19.3. The number of hydrogen-bond donors (Lipinski definition) is 3. The molecule has 9 nitrogen and oxygen atoms in total. The molecule has 0 bridgehead atoms. The molecule has 2 fully saturated rings. The van der Waals surface area contributed by atoms with Gasteiger partial charge in [-0.25, -0.2) is 9.97 Å². The summed E-state index contributed by atoms with van der Waals surface area (Å²) in [6, 6.07) is 8.81. The van der Waals surface area contributed by atoms with Gasteiger partial charge in [0.25, 0.3) is 11.1 Å². The molecule has 174 valence electrons. The van der Waals surface area contributed by atoms with E-state index in [1.807, 2.05) is 6.07 Å². The summed E-state index contributed by atoms with van der Waals surface area (Å²) in [5, 5.41) is 9.00. The van der Waals surface area contributed by atoms with Crippen molar-refractivity contribution in [3.8, 4) is 0 Å². The summed E-state index contributed by atoms with van der Waals surface area (Å²) < 4.78 is 0. The van der Waals surface area contributed by atoms with Crippen molar-refractivity contribution in [1.29, 1.82) is 0 Å². The number of anilines is 1. The van der Waals surface area contributed by atoms with Crippen molar-refractivity contribution >= 4 is 46.0 Å². The van der Waals surface area contributed by atoms with Crippen LogP contribution in [0.3, 0.4) is 0 Å². The van der Waals surface area contributed by atoms with E-state index in [4.69, 9.17) is 0 Å². The van der Waals surface area contributed by atoms with Crippen molar-refractivity contribution in [3.63, 3.8) is 0 Å². The number of fused-ring (bicyclic) bond motifs is 1. The molecule has 5 rings (SSSR count). The summed E-state index contributed by atoms with van der Waals surface area (Å²) in [6.07, 6.45) is 11.9. The molecule has 3 heterocycles. The number of rotatable bonds is 7. The highest BCUT2D eigenvalue weighted by atomic mass is 32.2. The smallest absolute Gasteiger partial charge is 0.290 e. The van der Waals surface area contributed by atoms with Gasteiger partial charge in [-0.2, -0.15) is 0 Å². The zero-order valence-electron chi connectivity index (χ0n) is 18.5. The fourth-order valence-electron chi connectivity index (χ4n) is 4.29. The van der Waals surface area contributed by atoms with Crippen molar-refractivity contribution in [2.45, 2.75) is 44.2 Å². The second kappa shape index (κ2) is 10.3. The third kappa shape index (κ3) is 5.57. The number of nitrogens with one attached hydrogen (secondary N) is 3. The predicted molar refractivity (Wildman–Crippen MR) is 132 cm³/mol. The molecule has 0 spiro atoms. The SMILES string of the molecule is O=C1NC(=O)C(=Cc2ccnc(NC3CCC(NCCc4ccc5nccnc5c4)CC3)n2)S1. The maximum absolute atomic E-state index is 11.7. The highest BCUT2D eigenvalue weighted by Gasteiger charge is 2.25. The van der Waals surface area contributed by atoms with Crippen LogP contribution in [0, 0.1) is 0 Å². The van der Waals surface area contributed by atoms with Gasteiger partial charge in [0.1, 0.15) is 0 Å². The van der Waals surface area contributed by atoms with E-state index in [1.165, 1.54) is 5.56 Å². The number of thioether (sulfide) groups is 1. The molecule has 10 heteroatoms. The molecule has 1 saturated heterocycles. The quantitative estimate of drug-likeness (QED) is 0.442. The van der Waals surface area contributed by atoms with Crippen LogP contribution in [-0.2, 0) is 11.2 Å². The van der Waals surface area contributed by atoms with E-state index in [9.17, 15) is 9.59 Å². The third-order valence-corrected chi connectivity index (χ3v) is 6.85. The van der Waals surface area contributed by atoms with E-state index in [1.54, 1.807) is 30.7 Å². The van der Waals surface area contributed by atoms with Gasteiger partial charge >= 0.3 is 0 Å². The van der Waals surface area contributed by atoms with Gasteiger partial charge in [-0.15, -0.1) is 0 Å². The largest absolute Gasteiger partial charge is 0.351 e. The molecule has 0 radical (unpaired) electrons. The Morgan fingerprint density at radius 1 is 0.971 bits per heavy atom. The molecular weight excluding hydrogens is 450 g/mol. The third-order valence-electron chi connectivity index (χ3n) is 6.04. The summed E-state index contributed by atoms with van der Waals surface area (Å²) in [5.74, 6) is 0.156. The minimum Gasteiger partial charge on any atom is -0.351 e. The van der Waals surface area contributed by atoms with Crippen LogP contribution < -0.4 is 16.0 Å². The van der Waals surface area contributed by atoms with Crippen LogP contribution in [0.2, 0.25) is 0 Å². The summed E-state index contributed by atoms with van der Waals surface area (Å²) in [6.45, 7) is 0.933. The van der Waals surface area contributed by atoms with Crippen molar-refractivity contribution < 1.29 is 9.59 Å². The van der Waals surface area contributed by atoms with Crippen LogP contribution >= 0.6 is 11.8 Å². The van der Waals surface area contributed by atoms with Gasteiger partial charge in [-0.3, -0.25) is 24.9 Å². The maximum Gasteiger partial charge on any atom is 0.290 e. The van der Waals surface area contributed by atoms with Crippen LogP contribution in [0.15, 0.2) is 47.8 Å². The molecule has 1 aliphatic heterocycles. The van der Waals surface area contributed by atoms with Crippen LogP contribution in [0.1, 0.15) is 36.9 Å². The van der Waals surface area contributed by atoms with Gasteiger partial charge in [0, 0.05) is 30.7 Å². The van der Waals surface area contributed by atoms with Crippen LogP contribution in [0.25, 0.3) is 17.1 Å². The van der Waals surface area contributed by atoms with Crippen molar-refractivity contribution in [2.24, 2.45) is 0 Å². The van der Waals surface area contributed by atoms with E-state index < -0.39 is 0 Å². The molecule has 2 aromatic heterocycles. The number of aromatic nitrogens is 4. The Kier molecular flexibility index (Phi) is 6.77. The first-order chi connectivity index (χ1) is 16.6. The number of nitrogens with zero attached hydrogens (tertiary/aromatic N) is 4. The molecule has 2 amide bonds. The molecule has 0 unspecified atom stereocenters. The lowest BCUT2D eigenvalue weighted by Gasteiger charge is -2.29. The first-order valence-corrected chi connectivity index (χ1v) is 12.2. The van der Waals surface area contributed by atoms with E-state index in [2.05, 4.69) is 48.0 Å². The molecule has 34 heavy (non-hydrogen) atoms. The average Bonchev–Trinajstić information content (AvgIpc) is 3.16. The average molecular weight is 476 g/mol. The van der Waals surface area contributed by atoms with E-state index in [0.717, 1.165) is 61.4 Å². The molecule has 3 N–H and O–H groups in total. The van der Waals surface area contributed by atoms with Gasteiger partial charge in [0.05, 0.1) is 21.6 Å². The van der Waals surface area contributed by atoms with E-state index >= 15 is 0 Å². The van der Waals surface area contributed by atoms with Gasteiger partial charge < -0.3 is 10.6 Å². The lowest BCUT2D eigenvalue weighted by molar-refractivity contribution is -0.115. The van der Waals surface area contributed by atoms with Crippen molar-refractivity contribution in [3.05, 3.63) is 59.0 Å². The number of amides is 2. The Balaban J connectivity index is 1.08. The van der Waals surface area contributed by atoms with Crippen molar-refractivity contribution in [2.75, 3.05) is 11.9 Å². The Morgan fingerprint density at radius 3 is 2.56 bits per heavy atom. The summed E-state index contributed by atoms with van der Waals surface area (Å²) in [5.41, 5.74) is 3.72. The van der Waals surface area contributed by atoms with E-state index in [0.29, 0.717) is 28.6 Å². The molecule has 1 saturated carbocycles. The number of hydrogen-bond acceptors (Lipinski definition) is 9. The second-order valence-corrected chi connectivity index (χ2v) is 9.45. The topological polar surface area (TPSA) is 122 Å². The van der Waals surface area contributed by atoms with Crippen LogP contribution in [0.5, 0.6) is 0 Å². The Morgan fingerprint density at radius 2 is 1.76 bits per heavy atom. The van der Waals surface area contributed by atoms with Gasteiger partial charge in [0.15, 0.2) is 0 Å². The highest BCUT2D eigenvalue weighted by molar-refractivity contribution is 8.18. The first-order valence-electron chi connectivity index (χ1n) is 11.4.